The van der Waals surface area contributed by atoms with Crippen LogP contribution in [0, 0.1) is 17.1 Å². The van der Waals surface area contributed by atoms with Gasteiger partial charge in [-0.25, -0.2) is 4.39 Å². The number of hydrogen-bond donors (Lipinski definition) is 1. The highest BCUT2D eigenvalue weighted by atomic mass is 19.1. The predicted octanol–water partition coefficient (Wildman–Crippen LogP) is 2.24. The number of rotatable bonds is 5. The van der Waals surface area contributed by atoms with Crippen LogP contribution in [0.2, 0.25) is 0 Å². The third-order valence-corrected chi connectivity index (χ3v) is 3.87. The van der Waals surface area contributed by atoms with Crippen molar-refractivity contribution in [2.45, 2.75) is 25.6 Å². The van der Waals surface area contributed by atoms with Crippen LogP contribution in [0.5, 0.6) is 0 Å². The molecule has 1 aromatic carbocycles. The Balaban J connectivity index is 2.15. The van der Waals surface area contributed by atoms with E-state index in [-0.39, 0.29) is 11.2 Å². The largest absolute Gasteiger partial charge is 0.368 e. The van der Waals surface area contributed by atoms with Crippen molar-refractivity contribution in [1.29, 1.82) is 5.26 Å². The van der Waals surface area contributed by atoms with Crippen LogP contribution in [0.25, 0.3) is 0 Å². The summed E-state index contributed by atoms with van der Waals surface area (Å²) < 4.78 is 14.2. The fourth-order valence-electron chi connectivity index (χ4n) is 2.41. The molecule has 1 atom stereocenters. The normalized spacial score (nSPS) is 20.7. The van der Waals surface area contributed by atoms with Crippen LogP contribution in [0.15, 0.2) is 30.6 Å². The van der Waals surface area contributed by atoms with Crippen molar-refractivity contribution in [2.24, 2.45) is 0 Å². The zero-order chi connectivity index (χ0) is 15.5. The first kappa shape index (κ1) is 15.3. The summed E-state index contributed by atoms with van der Waals surface area (Å²) in [5, 5.41) is 12.3. The molecule has 0 fully saturated rings. The minimum atomic E-state index is -0.421. The SMILES string of the molecule is CN(C)CCC1(C)NC=CN1Cc1cccc(C#N)c1F. The van der Waals surface area contributed by atoms with Gasteiger partial charge in [-0.2, -0.15) is 5.26 Å². The van der Waals surface area contributed by atoms with E-state index in [1.807, 2.05) is 32.6 Å². The van der Waals surface area contributed by atoms with E-state index in [2.05, 4.69) is 22.0 Å². The second-order valence-electron chi connectivity index (χ2n) is 5.81. The zero-order valence-corrected chi connectivity index (χ0v) is 12.7. The smallest absolute Gasteiger partial charge is 0.145 e. The Hall–Kier alpha value is -2.06. The van der Waals surface area contributed by atoms with Crippen LogP contribution in [0.3, 0.4) is 0 Å². The Morgan fingerprint density at radius 2 is 2.19 bits per heavy atom. The van der Waals surface area contributed by atoms with Crippen LogP contribution in [-0.2, 0) is 6.54 Å². The summed E-state index contributed by atoms with van der Waals surface area (Å²) in [5.74, 6) is -0.421. The minimum Gasteiger partial charge on any atom is -0.368 e. The average molecular weight is 288 g/mol. The highest BCUT2D eigenvalue weighted by Crippen LogP contribution is 2.25. The molecule has 1 aliphatic rings. The average Bonchev–Trinajstić information content (AvgIpc) is 2.81. The van der Waals surface area contributed by atoms with E-state index in [0.29, 0.717) is 12.1 Å². The van der Waals surface area contributed by atoms with Gasteiger partial charge in [0.05, 0.1) is 5.56 Å². The number of nitriles is 1. The van der Waals surface area contributed by atoms with E-state index >= 15 is 0 Å². The van der Waals surface area contributed by atoms with Crippen LogP contribution in [-0.4, -0.2) is 36.1 Å². The highest BCUT2D eigenvalue weighted by molar-refractivity contribution is 5.35. The number of hydrogen-bond acceptors (Lipinski definition) is 4. The van der Waals surface area contributed by atoms with E-state index in [1.165, 1.54) is 6.07 Å². The molecule has 1 N–H and O–H groups in total. The molecule has 1 aliphatic heterocycles. The van der Waals surface area contributed by atoms with Crippen molar-refractivity contribution in [3.8, 4) is 6.07 Å². The monoisotopic (exact) mass is 288 g/mol. The third kappa shape index (κ3) is 3.34. The van der Waals surface area contributed by atoms with Crippen LogP contribution < -0.4 is 5.32 Å². The van der Waals surface area contributed by atoms with Crippen LogP contribution in [0.4, 0.5) is 4.39 Å². The molecule has 1 aromatic rings. The molecule has 1 unspecified atom stereocenters. The van der Waals surface area contributed by atoms with Gasteiger partial charge in [0.15, 0.2) is 0 Å². The van der Waals surface area contributed by atoms with E-state index in [1.54, 1.807) is 12.1 Å². The number of nitrogens with one attached hydrogen (secondary N) is 1. The zero-order valence-electron chi connectivity index (χ0n) is 12.7. The fourth-order valence-corrected chi connectivity index (χ4v) is 2.41. The maximum Gasteiger partial charge on any atom is 0.145 e. The van der Waals surface area contributed by atoms with Crippen molar-refractivity contribution in [3.63, 3.8) is 0 Å². The molecule has 0 aliphatic carbocycles. The quantitative estimate of drug-likeness (QED) is 0.902. The number of halogens is 1. The fraction of sp³-hybridized carbons (Fsp3) is 0.438. The first-order valence-electron chi connectivity index (χ1n) is 6.99. The van der Waals surface area contributed by atoms with Gasteiger partial charge in [-0.15, -0.1) is 0 Å². The van der Waals surface area contributed by atoms with Gasteiger partial charge in [-0.1, -0.05) is 12.1 Å². The summed E-state index contributed by atoms with van der Waals surface area (Å²) >= 11 is 0. The maximum absolute atomic E-state index is 14.2. The molecule has 0 amide bonds. The molecular weight excluding hydrogens is 267 g/mol. The first-order chi connectivity index (χ1) is 9.96. The molecule has 5 heteroatoms. The summed E-state index contributed by atoms with van der Waals surface area (Å²) in [6.45, 7) is 3.47. The van der Waals surface area contributed by atoms with E-state index in [0.717, 1.165) is 13.0 Å². The molecule has 0 spiro atoms. The molecular formula is C16H21FN4. The lowest BCUT2D eigenvalue weighted by Gasteiger charge is -2.37. The Bertz CT molecular complexity index is 576. The molecule has 4 nitrogen and oxygen atoms in total. The maximum atomic E-state index is 14.2. The molecule has 0 radical (unpaired) electrons. The topological polar surface area (TPSA) is 42.3 Å². The second kappa shape index (κ2) is 6.15. The van der Waals surface area contributed by atoms with E-state index in [4.69, 9.17) is 5.26 Å². The van der Waals surface area contributed by atoms with E-state index < -0.39 is 5.82 Å². The van der Waals surface area contributed by atoms with E-state index in [9.17, 15) is 4.39 Å². The van der Waals surface area contributed by atoms with Gasteiger partial charge in [0.2, 0.25) is 0 Å². The Kier molecular flexibility index (Phi) is 4.49. The van der Waals surface area contributed by atoms with Crippen LogP contribution >= 0.6 is 0 Å². The van der Waals surface area contributed by atoms with Crippen molar-refractivity contribution >= 4 is 0 Å². The summed E-state index contributed by atoms with van der Waals surface area (Å²) in [4.78, 5) is 4.20. The van der Waals surface area contributed by atoms with Gasteiger partial charge < -0.3 is 15.1 Å². The number of nitrogens with zero attached hydrogens (tertiary/aromatic N) is 3. The van der Waals surface area contributed by atoms with Gasteiger partial charge in [0.1, 0.15) is 17.5 Å². The lowest BCUT2D eigenvalue weighted by molar-refractivity contribution is 0.130. The molecule has 0 saturated carbocycles. The van der Waals surface area contributed by atoms with Gasteiger partial charge >= 0.3 is 0 Å². The van der Waals surface area contributed by atoms with Crippen molar-refractivity contribution in [1.82, 2.24) is 15.1 Å². The summed E-state index contributed by atoms with van der Waals surface area (Å²) in [6.07, 6.45) is 4.74. The Labute approximate surface area is 125 Å². The molecule has 2 rings (SSSR count). The van der Waals surface area contributed by atoms with Gasteiger partial charge in [0.25, 0.3) is 0 Å². The molecule has 112 valence electrons. The molecule has 0 bridgehead atoms. The van der Waals surface area contributed by atoms with Gasteiger partial charge in [0, 0.05) is 37.5 Å². The van der Waals surface area contributed by atoms with Crippen LogP contribution in [0.1, 0.15) is 24.5 Å². The highest BCUT2D eigenvalue weighted by Gasteiger charge is 2.32. The molecule has 0 aromatic heterocycles. The molecule has 1 heterocycles. The Morgan fingerprint density at radius 1 is 1.43 bits per heavy atom. The lowest BCUT2D eigenvalue weighted by atomic mass is 10.0. The van der Waals surface area contributed by atoms with Gasteiger partial charge in [-0.3, -0.25) is 0 Å². The Morgan fingerprint density at radius 3 is 2.86 bits per heavy atom. The second-order valence-corrected chi connectivity index (χ2v) is 5.81. The van der Waals surface area contributed by atoms with Crippen molar-refractivity contribution < 1.29 is 4.39 Å². The molecule has 21 heavy (non-hydrogen) atoms. The lowest BCUT2D eigenvalue weighted by Crippen LogP contribution is -2.49. The van der Waals surface area contributed by atoms with Gasteiger partial charge in [-0.05, 0) is 27.1 Å². The number of benzene rings is 1. The van der Waals surface area contributed by atoms with Crippen molar-refractivity contribution in [2.75, 3.05) is 20.6 Å². The minimum absolute atomic E-state index is 0.0960. The standard InChI is InChI=1S/C16H21FN4/c1-16(7-9-20(2)3)19-8-10-21(16)12-14-6-4-5-13(11-18)15(14)17/h4-6,8,10,19H,7,9,12H2,1-3H3. The first-order valence-corrected chi connectivity index (χ1v) is 6.99. The third-order valence-electron chi connectivity index (χ3n) is 3.87. The summed E-state index contributed by atoms with van der Waals surface area (Å²) in [6, 6.07) is 6.84. The van der Waals surface area contributed by atoms with Crippen molar-refractivity contribution in [3.05, 3.63) is 47.5 Å². The predicted molar refractivity (Wildman–Crippen MR) is 80.5 cm³/mol. The summed E-state index contributed by atoms with van der Waals surface area (Å²) in [5.41, 5.74) is 0.399. The molecule has 0 saturated heterocycles. The summed E-state index contributed by atoms with van der Waals surface area (Å²) in [7, 11) is 4.07.